The lowest BCUT2D eigenvalue weighted by Crippen LogP contribution is -2.34. The summed E-state index contributed by atoms with van der Waals surface area (Å²) in [5, 5.41) is 10.3. The van der Waals surface area contributed by atoms with Crippen molar-refractivity contribution >= 4 is 0 Å². The second-order valence-corrected chi connectivity index (χ2v) is 5.27. The van der Waals surface area contributed by atoms with Crippen LogP contribution in [0.25, 0.3) is 0 Å². The van der Waals surface area contributed by atoms with Crippen molar-refractivity contribution in [2.75, 3.05) is 0 Å². The summed E-state index contributed by atoms with van der Waals surface area (Å²) in [4.78, 5) is 0. The quantitative estimate of drug-likeness (QED) is 0.526. The van der Waals surface area contributed by atoms with Crippen molar-refractivity contribution in [3.05, 3.63) is 0 Å². The van der Waals surface area contributed by atoms with Crippen LogP contribution in [-0.4, -0.2) is 10.7 Å². The van der Waals surface area contributed by atoms with Gasteiger partial charge in [0, 0.05) is 0 Å². The van der Waals surface area contributed by atoms with Gasteiger partial charge < -0.3 is 5.11 Å². The molecule has 0 aromatic rings. The van der Waals surface area contributed by atoms with Gasteiger partial charge in [-0.15, -0.1) is 0 Å². The zero-order valence-corrected chi connectivity index (χ0v) is 11.9. The fourth-order valence-electron chi connectivity index (χ4n) is 2.45. The van der Waals surface area contributed by atoms with Gasteiger partial charge in [0.25, 0.3) is 0 Å². The molecule has 1 N–H and O–H groups in total. The maximum atomic E-state index is 10.3. The maximum Gasteiger partial charge on any atom is 0.0668 e. The molecule has 0 aromatic carbocycles. The Morgan fingerprint density at radius 1 is 0.875 bits per heavy atom. The molecule has 0 aliphatic carbocycles. The summed E-state index contributed by atoms with van der Waals surface area (Å²) in [7, 11) is 0. The van der Waals surface area contributed by atoms with E-state index in [1.807, 2.05) is 0 Å². The number of hydrogen-bond donors (Lipinski definition) is 1. The third-order valence-corrected chi connectivity index (χ3v) is 4.13. The molecule has 0 saturated heterocycles. The summed E-state index contributed by atoms with van der Waals surface area (Å²) < 4.78 is 0. The number of rotatable bonds is 10. The van der Waals surface area contributed by atoms with E-state index in [1.54, 1.807) is 0 Å². The Labute approximate surface area is 103 Å². The summed E-state index contributed by atoms with van der Waals surface area (Å²) in [5.74, 6) is 0.452. The van der Waals surface area contributed by atoms with E-state index in [2.05, 4.69) is 27.7 Å². The number of hydrogen-bond acceptors (Lipinski definition) is 1. The molecule has 0 rings (SSSR count). The van der Waals surface area contributed by atoms with E-state index in [0.29, 0.717) is 5.92 Å². The molecule has 1 heteroatoms. The molecular formula is C15H32O. The van der Waals surface area contributed by atoms with Crippen LogP contribution >= 0.6 is 0 Å². The normalized spacial score (nSPS) is 14.1. The lowest BCUT2D eigenvalue weighted by Gasteiger charge is -2.32. The van der Waals surface area contributed by atoms with E-state index in [-0.39, 0.29) is 0 Å². The minimum absolute atomic E-state index is 0.413. The van der Waals surface area contributed by atoms with Crippen molar-refractivity contribution in [1.82, 2.24) is 0 Å². The van der Waals surface area contributed by atoms with Gasteiger partial charge in [-0.2, -0.15) is 0 Å². The SMILES string of the molecule is CCCCCCCCC(C)C(O)(CC)CC. The van der Waals surface area contributed by atoms with E-state index >= 15 is 0 Å². The molecule has 1 atom stereocenters. The zero-order chi connectivity index (χ0) is 12.4. The van der Waals surface area contributed by atoms with Crippen molar-refractivity contribution in [3.63, 3.8) is 0 Å². The molecule has 0 aliphatic heterocycles. The van der Waals surface area contributed by atoms with Crippen LogP contribution in [0.3, 0.4) is 0 Å². The van der Waals surface area contributed by atoms with Crippen LogP contribution < -0.4 is 0 Å². The van der Waals surface area contributed by atoms with Gasteiger partial charge in [0.15, 0.2) is 0 Å². The largest absolute Gasteiger partial charge is 0.390 e. The molecule has 0 spiro atoms. The summed E-state index contributed by atoms with van der Waals surface area (Å²) in [6.07, 6.45) is 11.0. The zero-order valence-electron chi connectivity index (χ0n) is 11.9. The lowest BCUT2D eigenvalue weighted by atomic mass is 9.81. The number of unbranched alkanes of at least 4 members (excludes halogenated alkanes) is 5. The molecule has 1 nitrogen and oxygen atoms in total. The van der Waals surface area contributed by atoms with Gasteiger partial charge in [0.1, 0.15) is 0 Å². The van der Waals surface area contributed by atoms with Gasteiger partial charge in [0.2, 0.25) is 0 Å². The van der Waals surface area contributed by atoms with Gasteiger partial charge in [-0.05, 0) is 25.2 Å². The Balaban J connectivity index is 3.60. The lowest BCUT2D eigenvalue weighted by molar-refractivity contribution is -0.0228. The van der Waals surface area contributed by atoms with Crippen LogP contribution in [0.2, 0.25) is 0 Å². The maximum absolute atomic E-state index is 10.3. The third kappa shape index (κ3) is 5.89. The van der Waals surface area contributed by atoms with E-state index in [9.17, 15) is 5.11 Å². The van der Waals surface area contributed by atoms with Crippen LogP contribution in [0.5, 0.6) is 0 Å². The molecule has 0 aliphatic rings. The van der Waals surface area contributed by atoms with Crippen molar-refractivity contribution < 1.29 is 5.11 Å². The molecule has 0 heterocycles. The Morgan fingerprint density at radius 3 is 1.88 bits per heavy atom. The van der Waals surface area contributed by atoms with E-state index in [1.165, 1.54) is 44.9 Å². The van der Waals surface area contributed by atoms with E-state index < -0.39 is 5.60 Å². The molecular weight excluding hydrogens is 196 g/mol. The van der Waals surface area contributed by atoms with Gasteiger partial charge in [-0.1, -0.05) is 66.2 Å². The first-order chi connectivity index (χ1) is 7.60. The van der Waals surface area contributed by atoms with Crippen LogP contribution in [0.4, 0.5) is 0 Å². The van der Waals surface area contributed by atoms with Gasteiger partial charge in [-0.3, -0.25) is 0 Å². The second-order valence-electron chi connectivity index (χ2n) is 5.27. The fourth-order valence-corrected chi connectivity index (χ4v) is 2.45. The molecule has 0 amide bonds. The first-order valence-electron chi connectivity index (χ1n) is 7.33. The average Bonchev–Trinajstić information content (AvgIpc) is 2.32. The Morgan fingerprint density at radius 2 is 1.38 bits per heavy atom. The molecule has 0 saturated carbocycles. The molecule has 98 valence electrons. The summed E-state index contributed by atoms with van der Waals surface area (Å²) in [6, 6.07) is 0. The Bertz CT molecular complexity index is 150. The highest BCUT2D eigenvalue weighted by atomic mass is 16.3. The standard InChI is InChI=1S/C15H32O/c1-5-8-9-10-11-12-13-14(4)15(16,6-2)7-3/h14,16H,5-13H2,1-4H3. The highest BCUT2D eigenvalue weighted by Gasteiger charge is 2.28. The third-order valence-electron chi connectivity index (χ3n) is 4.13. The molecule has 0 radical (unpaired) electrons. The fraction of sp³-hybridized carbons (Fsp3) is 1.00. The summed E-state index contributed by atoms with van der Waals surface area (Å²) in [6.45, 7) is 8.66. The Hall–Kier alpha value is -0.0400. The van der Waals surface area contributed by atoms with Crippen molar-refractivity contribution in [1.29, 1.82) is 0 Å². The minimum atomic E-state index is -0.413. The van der Waals surface area contributed by atoms with Crippen LogP contribution in [-0.2, 0) is 0 Å². The first-order valence-corrected chi connectivity index (χ1v) is 7.33. The topological polar surface area (TPSA) is 20.2 Å². The highest BCUT2D eigenvalue weighted by molar-refractivity contribution is 4.81. The average molecular weight is 228 g/mol. The van der Waals surface area contributed by atoms with Crippen molar-refractivity contribution in [3.8, 4) is 0 Å². The molecule has 16 heavy (non-hydrogen) atoms. The molecule has 0 fully saturated rings. The number of aliphatic hydroxyl groups is 1. The second kappa shape index (κ2) is 9.04. The molecule has 0 bridgehead atoms. The molecule has 1 unspecified atom stereocenters. The highest BCUT2D eigenvalue weighted by Crippen LogP contribution is 2.29. The van der Waals surface area contributed by atoms with Gasteiger partial charge >= 0.3 is 0 Å². The molecule has 0 aromatic heterocycles. The Kier molecular flexibility index (Phi) is 9.02. The minimum Gasteiger partial charge on any atom is -0.390 e. The smallest absolute Gasteiger partial charge is 0.0668 e. The van der Waals surface area contributed by atoms with Crippen molar-refractivity contribution in [2.24, 2.45) is 5.92 Å². The monoisotopic (exact) mass is 228 g/mol. The van der Waals surface area contributed by atoms with Gasteiger partial charge in [-0.25, -0.2) is 0 Å². The predicted octanol–water partition coefficient (Wildman–Crippen LogP) is 4.92. The van der Waals surface area contributed by atoms with E-state index in [4.69, 9.17) is 0 Å². The van der Waals surface area contributed by atoms with Crippen LogP contribution in [0, 0.1) is 5.92 Å². The van der Waals surface area contributed by atoms with Crippen molar-refractivity contribution in [2.45, 2.75) is 91.1 Å². The van der Waals surface area contributed by atoms with Gasteiger partial charge in [0.05, 0.1) is 5.60 Å². The van der Waals surface area contributed by atoms with Crippen LogP contribution in [0.1, 0.15) is 85.5 Å². The first kappa shape index (κ1) is 16.0. The summed E-state index contributed by atoms with van der Waals surface area (Å²) >= 11 is 0. The summed E-state index contributed by atoms with van der Waals surface area (Å²) in [5.41, 5.74) is -0.413. The predicted molar refractivity (Wildman–Crippen MR) is 72.7 cm³/mol. The van der Waals surface area contributed by atoms with Crippen LogP contribution in [0.15, 0.2) is 0 Å². The van der Waals surface area contributed by atoms with E-state index in [0.717, 1.165) is 12.8 Å².